The minimum Gasteiger partial charge on any atom is -0.426 e. The number of carbonyl (C=O) groups is 3. The molecular weight excluding hydrogens is 412 g/mol. The molecular formula is C29H36O4. The Balaban J connectivity index is 1.59. The second-order valence-electron chi connectivity index (χ2n) is 8.27. The van der Waals surface area contributed by atoms with Crippen LogP contribution in [0.4, 0.5) is 0 Å². The van der Waals surface area contributed by atoms with Crippen molar-refractivity contribution in [2.24, 2.45) is 0 Å². The van der Waals surface area contributed by atoms with E-state index in [0.717, 1.165) is 57.8 Å². The van der Waals surface area contributed by atoms with Crippen molar-refractivity contribution < 1.29 is 19.1 Å². The largest absolute Gasteiger partial charge is 0.426 e. The van der Waals surface area contributed by atoms with Crippen LogP contribution in [0.1, 0.15) is 98.8 Å². The lowest BCUT2D eigenvalue weighted by Crippen LogP contribution is -2.18. The summed E-state index contributed by atoms with van der Waals surface area (Å²) in [4.78, 5) is 36.8. The van der Waals surface area contributed by atoms with Gasteiger partial charge in [-0.3, -0.25) is 14.4 Å². The van der Waals surface area contributed by atoms with Gasteiger partial charge in [0.25, 0.3) is 0 Å². The fraction of sp³-hybridized carbons (Fsp3) is 0.414. The van der Waals surface area contributed by atoms with Gasteiger partial charge < -0.3 is 4.74 Å². The zero-order chi connectivity index (χ0) is 23.9. The third kappa shape index (κ3) is 9.17. The summed E-state index contributed by atoms with van der Waals surface area (Å²) in [7, 11) is 0. The highest BCUT2D eigenvalue weighted by Crippen LogP contribution is 2.29. The van der Waals surface area contributed by atoms with Crippen molar-refractivity contribution in [3.63, 3.8) is 0 Å². The number of unbranched alkanes of at least 4 members (excludes halogenated alkanes) is 5. The molecule has 176 valence electrons. The Labute approximate surface area is 198 Å². The molecule has 2 rings (SSSR count). The lowest BCUT2D eigenvalue weighted by atomic mass is 9.89. The van der Waals surface area contributed by atoms with E-state index in [2.05, 4.69) is 43.4 Å². The Hall–Kier alpha value is -3.01. The summed E-state index contributed by atoms with van der Waals surface area (Å²) in [6, 6.07) is 4.81. The van der Waals surface area contributed by atoms with Crippen LogP contribution >= 0.6 is 0 Å². The molecule has 0 saturated heterocycles. The summed E-state index contributed by atoms with van der Waals surface area (Å²) in [6.45, 7) is 3.76. The van der Waals surface area contributed by atoms with E-state index in [1.165, 1.54) is 6.08 Å². The van der Waals surface area contributed by atoms with E-state index >= 15 is 0 Å². The zero-order valence-electron chi connectivity index (χ0n) is 20.0. The normalized spacial score (nSPS) is 13.8. The van der Waals surface area contributed by atoms with E-state index in [0.29, 0.717) is 17.6 Å². The van der Waals surface area contributed by atoms with Gasteiger partial charge in [-0.2, -0.15) is 0 Å². The summed E-state index contributed by atoms with van der Waals surface area (Å²) >= 11 is 0. The maximum absolute atomic E-state index is 12.3. The summed E-state index contributed by atoms with van der Waals surface area (Å²) in [5, 5.41) is 0. The Kier molecular flexibility index (Phi) is 11.9. The second kappa shape index (κ2) is 14.9. The molecule has 0 fully saturated rings. The molecule has 0 spiro atoms. The van der Waals surface area contributed by atoms with Gasteiger partial charge in [-0.15, -0.1) is 0 Å². The molecule has 0 amide bonds. The number of hydrogen-bond donors (Lipinski definition) is 0. The highest BCUT2D eigenvalue weighted by Gasteiger charge is 2.27. The van der Waals surface area contributed by atoms with Gasteiger partial charge in [0.1, 0.15) is 5.75 Å². The maximum atomic E-state index is 12.3. The summed E-state index contributed by atoms with van der Waals surface area (Å²) in [5.41, 5.74) is 0.900. The van der Waals surface area contributed by atoms with E-state index in [9.17, 15) is 14.4 Å². The predicted octanol–water partition coefficient (Wildman–Crippen LogP) is 7.51. The average Bonchev–Trinajstić information content (AvgIpc) is 2.80. The fourth-order valence-electron chi connectivity index (χ4n) is 3.67. The average molecular weight is 449 g/mol. The van der Waals surface area contributed by atoms with Crippen molar-refractivity contribution in [3.8, 4) is 5.75 Å². The highest BCUT2D eigenvalue weighted by molar-refractivity contribution is 6.25. The third-order valence-electron chi connectivity index (χ3n) is 5.48. The van der Waals surface area contributed by atoms with Crippen LogP contribution in [0.5, 0.6) is 5.75 Å². The molecule has 1 aliphatic rings. The van der Waals surface area contributed by atoms with Gasteiger partial charge in [-0.05, 0) is 57.6 Å². The van der Waals surface area contributed by atoms with Crippen LogP contribution in [0.25, 0.3) is 0 Å². The number of ether oxygens (including phenoxy) is 1. The van der Waals surface area contributed by atoms with Gasteiger partial charge in [0, 0.05) is 17.6 Å². The molecule has 4 nitrogen and oxygen atoms in total. The van der Waals surface area contributed by atoms with Gasteiger partial charge in [0.05, 0.1) is 5.56 Å². The number of esters is 1. The van der Waals surface area contributed by atoms with E-state index in [-0.39, 0.29) is 28.8 Å². The molecule has 0 atom stereocenters. The minimum absolute atomic E-state index is 0.179. The van der Waals surface area contributed by atoms with Crippen LogP contribution < -0.4 is 4.74 Å². The molecule has 0 heterocycles. The number of benzene rings is 1. The number of allylic oxidation sites excluding steroid dienone is 8. The number of fused-ring (bicyclic) bond motifs is 1. The molecule has 0 aromatic heterocycles. The van der Waals surface area contributed by atoms with Crippen molar-refractivity contribution in [1.29, 1.82) is 0 Å². The number of Topliss-reactive ketones (excluding diaryl/α,β-unsaturated/α-hetero) is 1. The number of rotatable bonds is 14. The predicted molar refractivity (Wildman–Crippen MR) is 134 cm³/mol. The van der Waals surface area contributed by atoms with E-state index in [1.54, 1.807) is 25.1 Å². The van der Waals surface area contributed by atoms with Gasteiger partial charge in [-0.1, -0.05) is 74.8 Å². The van der Waals surface area contributed by atoms with Crippen LogP contribution in [0, 0.1) is 0 Å². The molecule has 1 aromatic rings. The Morgan fingerprint density at radius 3 is 2.30 bits per heavy atom. The molecule has 0 N–H and O–H groups in total. The zero-order valence-corrected chi connectivity index (χ0v) is 20.0. The van der Waals surface area contributed by atoms with Gasteiger partial charge in [-0.25, -0.2) is 0 Å². The molecule has 33 heavy (non-hydrogen) atoms. The highest BCUT2D eigenvalue weighted by atomic mass is 16.5. The summed E-state index contributed by atoms with van der Waals surface area (Å²) in [5.74, 6) is -0.678. The van der Waals surface area contributed by atoms with Crippen LogP contribution in [-0.2, 0) is 4.79 Å². The SMILES string of the molecule is CC/C=C\C/C=C\C/C=C\CCCCCCCC(=O)Oc1cccc2c1C(=O)C=C(C)C2=O. The Bertz CT molecular complexity index is 931. The summed E-state index contributed by atoms with van der Waals surface area (Å²) < 4.78 is 5.43. The Morgan fingerprint density at radius 2 is 1.55 bits per heavy atom. The quantitative estimate of drug-likeness (QED) is 0.128. The first-order chi connectivity index (χ1) is 16.0. The van der Waals surface area contributed by atoms with E-state index in [4.69, 9.17) is 4.74 Å². The van der Waals surface area contributed by atoms with Crippen LogP contribution in [-0.4, -0.2) is 17.5 Å². The molecule has 4 heteroatoms. The van der Waals surface area contributed by atoms with Crippen molar-refractivity contribution in [3.05, 3.63) is 77.4 Å². The molecule has 1 aliphatic carbocycles. The van der Waals surface area contributed by atoms with Gasteiger partial charge in [0.2, 0.25) is 0 Å². The van der Waals surface area contributed by atoms with Gasteiger partial charge in [0.15, 0.2) is 11.6 Å². The number of carbonyl (C=O) groups excluding carboxylic acids is 3. The van der Waals surface area contributed by atoms with Crippen LogP contribution in [0.3, 0.4) is 0 Å². The summed E-state index contributed by atoms with van der Waals surface area (Å²) in [6.07, 6.45) is 24.1. The number of ketones is 2. The molecule has 1 aromatic carbocycles. The minimum atomic E-state index is -0.365. The van der Waals surface area contributed by atoms with Crippen molar-refractivity contribution in [1.82, 2.24) is 0 Å². The first-order valence-electron chi connectivity index (χ1n) is 12.1. The second-order valence-corrected chi connectivity index (χ2v) is 8.27. The lowest BCUT2D eigenvalue weighted by molar-refractivity contribution is -0.134. The smallest absolute Gasteiger partial charge is 0.311 e. The third-order valence-corrected chi connectivity index (χ3v) is 5.48. The lowest BCUT2D eigenvalue weighted by Gasteiger charge is -2.16. The van der Waals surface area contributed by atoms with Crippen molar-refractivity contribution >= 4 is 17.5 Å². The van der Waals surface area contributed by atoms with Crippen LogP contribution in [0.2, 0.25) is 0 Å². The first kappa shape index (κ1) is 26.2. The topological polar surface area (TPSA) is 60.4 Å². The monoisotopic (exact) mass is 448 g/mol. The molecule has 0 aliphatic heterocycles. The van der Waals surface area contributed by atoms with Crippen molar-refractivity contribution in [2.75, 3.05) is 0 Å². The molecule has 0 unspecified atom stereocenters. The number of hydrogen-bond acceptors (Lipinski definition) is 4. The first-order valence-corrected chi connectivity index (χ1v) is 12.1. The molecule has 0 radical (unpaired) electrons. The standard InChI is InChI=1S/C29H36O4/c1-3-4-5-6-7-8-9-10-11-12-13-14-15-16-17-21-27(31)33-26-20-18-19-24-28(26)25(30)22-23(2)29(24)32/h4-5,7-8,10-11,18-20,22H,3,6,9,12-17,21H2,1-2H3/b5-4-,8-7-,11-10-. The molecule has 0 bridgehead atoms. The van der Waals surface area contributed by atoms with E-state index < -0.39 is 0 Å². The van der Waals surface area contributed by atoms with Crippen LogP contribution in [0.15, 0.2) is 66.3 Å². The maximum Gasteiger partial charge on any atom is 0.311 e. The van der Waals surface area contributed by atoms with Crippen molar-refractivity contribution in [2.45, 2.75) is 78.1 Å². The van der Waals surface area contributed by atoms with Gasteiger partial charge >= 0.3 is 5.97 Å². The fourth-order valence-corrected chi connectivity index (χ4v) is 3.67. The molecule has 0 saturated carbocycles. The Morgan fingerprint density at radius 1 is 0.879 bits per heavy atom. The van der Waals surface area contributed by atoms with E-state index in [1.807, 2.05) is 0 Å².